The van der Waals surface area contributed by atoms with E-state index < -0.39 is 0 Å². The number of para-hydroxylation sites is 1. The van der Waals surface area contributed by atoms with E-state index in [0.29, 0.717) is 17.0 Å². The number of hydrogen-bond donors (Lipinski definition) is 1. The third kappa shape index (κ3) is 2.64. The van der Waals surface area contributed by atoms with Gasteiger partial charge >= 0.3 is 0 Å². The van der Waals surface area contributed by atoms with Crippen LogP contribution in [0.1, 0.15) is 20.8 Å². The molecule has 1 unspecified atom stereocenters. The van der Waals surface area contributed by atoms with Crippen molar-refractivity contribution in [3.05, 3.63) is 35.9 Å². The summed E-state index contributed by atoms with van der Waals surface area (Å²) >= 11 is 6.26. The normalized spacial score (nSPS) is 12.7. The molecule has 0 amide bonds. The lowest BCUT2D eigenvalue weighted by Crippen LogP contribution is -2.22. The van der Waals surface area contributed by atoms with Gasteiger partial charge in [0.1, 0.15) is 18.3 Å². The monoisotopic (exact) mass is 264 g/mol. The first-order chi connectivity index (χ1) is 8.59. The zero-order chi connectivity index (χ0) is 13.1. The number of nitrogens with one attached hydrogen (secondary N) is 1. The molecule has 96 valence electrons. The maximum Gasteiger partial charge on any atom is 0.138 e. The van der Waals surface area contributed by atoms with Gasteiger partial charge < -0.3 is 5.32 Å². The van der Waals surface area contributed by atoms with Crippen molar-refractivity contribution < 1.29 is 0 Å². The van der Waals surface area contributed by atoms with Gasteiger partial charge in [0.15, 0.2) is 0 Å². The van der Waals surface area contributed by atoms with Crippen LogP contribution in [0.4, 0.5) is 5.69 Å². The van der Waals surface area contributed by atoms with Crippen molar-refractivity contribution in [3.63, 3.8) is 0 Å². The fraction of sp³-hybridized carbons (Fsp3) is 0.385. The molecule has 0 spiro atoms. The van der Waals surface area contributed by atoms with Crippen molar-refractivity contribution in [2.75, 3.05) is 5.32 Å². The molecule has 0 aliphatic rings. The van der Waals surface area contributed by atoms with E-state index in [0.717, 1.165) is 11.4 Å². The Bertz CT molecular complexity index is 508. The Morgan fingerprint density at radius 1 is 1.28 bits per heavy atom. The summed E-state index contributed by atoms with van der Waals surface area (Å²) in [6.07, 6.45) is 3.14. The van der Waals surface area contributed by atoms with Crippen molar-refractivity contribution in [2.45, 2.75) is 26.8 Å². The number of nitrogens with zero attached hydrogens (tertiary/aromatic N) is 3. The average Bonchev–Trinajstić information content (AvgIpc) is 2.82. The minimum atomic E-state index is 0.353. The quantitative estimate of drug-likeness (QED) is 0.921. The Hall–Kier alpha value is -1.55. The third-order valence-electron chi connectivity index (χ3n) is 3.02. The Morgan fingerprint density at radius 3 is 2.67 bits per heavy atom. The van der Waals surface area contributed by atoms with Crippen molar-refractivity contribution in [1.82, 2.24) is 14.8 Å². The number of aromatic nitrogens is 3. The van der Waals surface area contributed by atoms with E-state index >= 15 is 0 Å². The highest BCUT2D eigenvalue weighted by Gasteiger charge is 2.13. The molecular formula is C13H17ClN4. The molecule has 4 nitrogen and oxygen atoms in total. The number of anilines is 1. The minimum Gasteiger partial charge on any atom is -0.381 e. The van der Waals surface area contributed by atoms with E-state index in [1.54, 1.807) is 11.0 Å². The third-order valence-corrected chi connectivity index (χ3v) is 3.32. The number of rotatable bonds is 4. The molecule has 1 atom stereocenters. The maximum atomic E-state index is 6.26. The van der Waals surface area contributed by atoms with Gasteiger partial charge in [0.05, 0.1) is 10.7 Å². The molecule has 1 heterocycles. The SMILES string of the molecule is CC(C)C(C)Nc1cccc(Cl)c1-n1cncn1. The predicted octanol–water partition coefficient (Wildman–Crippen LogP) is 3.38. The van der Waals surface area contributed by atoms with Crippen molar-refractivity contribution in [3.8, 4) is 5.69 Å². The summed E-state index contributed by atoms with van der Waals surface area (Å²) in [5.41, 5.74) is 1.80. The second-order valence-corrected chi connectivity index (χ2v) is 5.06. The first kappa shape index (κ1) is 12.9. The molecular weight excluding hydrogens is 248 g/mol. The topological polar surface area (TPSA) is 42.7 Å². The van der Waals surface area contributed by atoms with Gasteiger partial charge in [-0.1, -0.05) is 31.5 Å². The molecule has 18 heavy (non-hydrogen) atoms. The van der Waals surface area contributed by atoms with Crippen LogP contribution >= 0.6 is 11.6 Å². The molecule has 1 aromatic carbocycles. The molecule has 0 aliphatic carbocycles. The summed E-state index contributed by atoms with van der Waals surface area (Å²) < 4.78 is 1.68. The van der Waals surface area contributed by atoms with E-state index in [4.69, 9.17) is 11.6 Å². The van der Waals surface area contributed by atoms with Gasteiger partial charge in [-0.25, -0.2) is 9.67 Å². The second-order valence-electron chi connectivity index (χ2n) is 4.65. The van der Waals surface area contributed by atoms with E-state index in [1.807, 2.05) is 18.2 Å². The van der Waals surface area contributed by atoms with Gasteiger partial charge in [0.2, 0.25) is 0 Å². The van der Waals surface area contributed by atoms with Crippen LogP contribution in [0.3, 0.4) is 0 Å². The van der Waals surface area contributed by atoms with Gasteiger partial charge in [-0.2, -0.15) is 5.10 Å². The molecule has 0 saturated carbocycles. The highest BCUT2D eigenvalue weighted by molar-refractivity contribution is 6.33. The number of hydrogen-bond acceptors (Lipinski definition) is 3. The summed E-state index contributed by atoms with van der Waals surface area (Å²) in [5.74, 6) is 0.535. The highest BCUT2D eigenvalue weighted by atomic mass is 35.5. The summed E-state index contributed by atoms with van der Waals surface area (Å²) in [5, 5.41) is 8.26. The van der Waals surface area contributed by atoms with E-state index in [1.165, 1.54) is 6.33 Å². The summed E-state index contributed by atoms with van der Waals surface area (Å²) in [7, 11) is 0. The summed E-state index contributed by atoms with van der Waals surface area (Å²) in [6.45, 7) is 6.51. The van der Waals surface area contributed by atoms with Crippen LogP contribution in [0.2, 0.25) is 5.02 Å². The molecule has 2 rings (SSSR count). The van der Waals surface area contributed by atoms with Crippen LogP contribution in [0, 0.1) is 5.92 Å². The molecule has 1 N–H and O–H groups in total. The standard InChI is InChI=1S/C13H17ClN4/c1-9(2)10(3)17-12-6-4-5-11(14)13(12)18-8-15-7-16-18/h4-10,17H,1-3H3. The van der Waals surface area contributed by atoms with E-state index in [2.05, 4.69) is 36.2 Å². The van der Waals surface area contributed by atoms with E-state index in [9.17, 15) is 0 Å². The second kappa shape index (κ2) is 5.40. The van der Waals surface area contributed by atoms with E-state index in [-0.39, 0.29) is 0 Å². The molecule has 2 aromatic rings. The fourth-order valence-electron chi connectivity index (χ4n) is 1.60. The van der Waals surface area contributed by atoms with Crippen molar-refractivity contribution in [2.24, 2.45) is 5.92 Å². The van der Waals surface area contributed by atoms with Gasteiger partial charge in [-0.05, 0) is 25.0 Å². The van der Waals surface area contributed by atoms with Gasteiger partial charge in [0.25, 0.3) is 0 Å². The summed E-state index contributed by atoms with van der Waals surface area (Å²) in [4.78, 5) is 3.96. The smallest absolute Gasteiger partial charge is 0.138 e. The maximum absolute atomic E-state index is 6.26. The van der Waals surface area contributed by atoms with Crippen LogP contribution < -0.4 is 5.32 Å². The van der Waals surface area contributed by atoms with Crippen LogP contribution in [0.5, 0.6) is 0 Å². The Morgan fingerprint density at radius 2 is 2.06 bits per heavy atom. The molecule has 0 saturated heterocycles. The Kier molecular flexibility index (Phi) is 3.87. The van der Waals surface area contributed by atoms with Gasteiger partial charge in [-0.15, -0.1) is 0 Å². The van der Waals surface area contributed by atoms with Gasteiger partial charge in [-0.3, -0.25) is 0 Å². The zero-order valence-corrected chi connectivity index (χ0v) is 11.5. The Labute approximate surface area is 112 Å². The molecule has 0 bridgehead atoms. The minimum absolute atomic E-state index is 0.353. The lowest BCUT2D eigenvalue weighted by Gasteiger charge is -2.21. The molecule has 0 aliphatic heterocycles. The lowest BCUT2D eigenvalue weighted by molar-refractivity contribution is 0.559. The van der Waals surface area contributed by atoms with Crippen molar-refractivity contribution in [1.29, 1.82) is 0 Å². The van der Waals surface area contributed by atoms with Gasteiger partial charge in [0, 0.05) is 6.04 Å². The predicted molar refractivity (Wildman–Crippen MR) is 74.3 cm³/mol. The molecule has 1 aromatic heterocycles. The fourth-order valence-corrected chi connectivity index (χ4v) is 1.86. The number of benzene rings is 1. The average molecular weight is 265 g/mol. The first-order valence-electron chi connectivity index (χ1n) is 5.99. The lowest BCUT2D eigenvalue weighted by atomic mass is 10.1. The molecule has 0 fully saturated rings. The molecule has 5 heteroatoms. The largest absolute Gasteiger partial charge is 0.381 e. The summed E-state index contributed by atoms with van der Waals surface area (Å²) in [6, 6.07) is 6.13. The van der Waals surface area contributed by atoms with Crippen LogP contribution in [0.25, 0.3) is 5.69 Å². The van der Waals surface area contributed by atoms with Crippen LogP contribution in [-0.4, -0.2) is 20.8 Å². The Balaban J connectivity index is 2.39. The molecule has 0 radical (unpaired) electrons. The zero-order valence-electron chi connectivity index (χ0n) is 10.8. The van der Waals surface area contributed by atoms with Crippen LogP contribution in [0.15, 0.2) is 30.9 Å². The number of halogens is 1. The highest BCUT2D eigenvalue weighted by Crippen LogP contribution is 2.28. The van der Waals surface area contributed by atoms with Crippen LogP contribution in [-0.2, 0) is 0 Å². The first-order valence-corrected chi connectivity index (χ1v) is 6.37. The van der Waals surface area contributed by atoms with Crippen molar-refractivity contribution >= 4 is 17.3 Å².